The molecule has 0 atom stereocenters. The molecule has 6 heteroatoms. The van der Waals surface area contributed by atoms with E-state index in [1.165, 1.54) is 0 Å². The van der Waals surface area contributed by atoms with Crippen LogP contribution >= 0.6 is 0 Å². The molecule has 0 bridgehead atoms. The number of ether oxygens (including phenoxy) is 2. The van der Waals surface area contributed by atoms with E-state index in [1.54, 1.807) is 12.5 Å². The Bertz CT molecular complexity index is 515. The standard InChI is InChI=1S/C16H22N2O4/c1-3-5-15(18-11-13-6-7-21-12-13)14(10-17)16(19)22-9-8-20-4-2/h6-7,12,18H,3-5,8-9,11H2,1-2H3/b15-14-. The highest BCUT2D eigenvalue weighted by molar-refractivity contribution is 5.93. The van der Waals surface area contributed by atoms with Crippen LogP contribution < -0.4 is 5.32 Å². The van der Waals surface area contributed by atoms with Gasteiger partial charge in [-0.05, 0) is 19.4 Å². The summed E-state index contributed by atoms with van der Waals surface area (Å²) in [6.07, 6.45) is 4.60. The van der Waals surface area contributed by atoms with Crippen LogP contribution in [0, 0.1) is 11.3 Å². The molecule has 1 N–H and O–H groups in total. The maximum atomic E-state index is 12.0. The Morgan fingerprint density at radius 1 is 1.41 bits per heavy atom. The van der Waals surface area contributed by atoms with Crippen LogP contribution in [-0.2, 0) is 20.8 Å². The Hall–Kier alpha value is -2.26. The molecule has 6 nitrogen and oxygen atoms in total. The molecule has 0 spiro atoms. The third kappa shape index (κ3) is 6.02. The van der Waals surface area contributed by atoms with Gasteiger partial charge in [0.15, 0.2) is 5.57 Å². The van der Waals surface area contributed by atoms with Crippen LogP contribution in [0.3, 0.4) is 0 Å². The lowest BCUT2D eigenvalue weighted by Gasteiger charge is -2.12. The van der Waals surface area contributed by atoms with Gasteiger partial charge in [-0.1, -0.05) is 13.3 Å². The van der Waals surface area contributed by atoms with Gasteiger partial charge in [0.2, 0.25) is 0 Å². The van der Waals surface area contributed by atoms with Crippen molar-refractivity contribution >= 4 is 5.97 Å². The second-order valence-electron chi connectivity index (χ2n) is 4.53. The normalized spacial score (nSPS) is 11.5. The first-order valence-corrected chi connectivity index (χ1v) is 7.35. The summed E-state index contributed by atoms with van der Waals surface area (Å²) < 4.78 is 15.1. The number of nitriles is 1. The maximum Gasteiger partial charge on any atom is 0.350 e. The topological polar surface area (TPSA) is 84.5 Å². The first-order valence-electron chi connectivity index (χ1n) is 7.35. The lowest BCUT2D eigenvalue weighted by Crippen LogP contribution is -2.20. The number of allylic oxidation sites excluding steroid dienone is 1. The Kier molecular flexibility index (Phi) is 8.46. The molecular formula is C16H22N2O4. The van der Waals surface area contributed by atoms with Gasteiger partial charge < -0.3 is 19.2 Å². The summed E-state index contributed by atoms with van der Waals surface area (Å²) >= 11 is 0. The van der Waals surface area contributed by atoms with Crippen molar-refractivity contribution in [3.05, 3.63) is 35.4 Å². The largest absolute Gasteiger partial charge is 0.472 e. The van der Waals surface area contributed by atoms with E-state index in [-0.39, 0.29) is 12.2 Å². The molecule has 0 amide bonds. The predicted octanol–water partition coefficient (Wildman–Crippen LogP) is 2.53. The van der Waals surface area contributed by atoms with Crippen molar-refractivity contribution in [1.82, 2.24) is 5.32 Å². The van der Waals surface area contributed by atoms with Crippen LogP contribution in [0.2, 0.25) is 0 Å². The summed E-state index contributed by atoms with van der Waals surface area (Å²) in [7, 11) is 0. The van der Waals surface area contributed by atoms with Crippen LogP contribution in [-0.4, -0.2) is 25.8 Å². The summed E-state index contributed by atoms with van der Waals surface area (Å²) in [4.78, 5) is 12.0. The Morgan fingerprint density at radius 2 is 2.23 bits per heavy atom. The average Bonchev–Trinajstić information content (AvgIpc) is 3.03. The molecule has 1 heterocycles. The van der Waals surface area contributed by atoms with Crippen LogP contribution in [0.4, 0.5) is 0 Å². The van der Waals surface area contributed by atoms with Crippen molar-refractivity contribution in [2.45, 2.75) is 33.2 Å². The molecule has 1 aromatic rings. The summed E-state index contributed by atoms with van der Waals surface area (Å²) in [5.41, 5.74) is 1.55. The van der Waals surface area contributed by atoms with Gasteiger partial charge in [-0.3, -0.25) is 0 Å². The lowest BCUT2D eigenvalue weighted by molar-refractivity contribution is -0.140. The van der Waals surface area contributed by atoms with Gasteiger partial charge in [0.05, 0.1) is 19.1 Å². The highest BCUT2D eigenvalue weighted by atomic mass is 16.6. The third-order valence-corrected chi connectivity index (χ3v) is 2.87. The first-order chi connectivity index (χ1) is 10.7. The average molecular weight is 306 g/mol. The fourth-order valence-electron chi connectivity index (χ4n) is 1.80. The monoisotopic (exact) mass is 306 g/mol. The number of carbonyl (C=O) groups excluding carboxylic acids is 1. The van der Waals surface area contributed by atoms with Crippen molar-refractivity contribution in [1.29, 1.82) is 5.26 Å². The molecule has 1 aromatic heterocycles. The zero-order chi connectivity index (χ0) is 16.2. The van der Waals surface area contributed by atoms with E-state index in [0.29, 0.717) is 31.9 Å². The van der Waals surface area contributed by atoms with Crippen LogP contribution in [0.1, 0.15) is 32.3 Å². The number of rotatable bonds is 10. The molecule has 0 aliphatic heterocycles. The summed E-state index contributed by atoms with van der Waals surface area (Å²) in [6.45, 7) is 5.36. The number of carbonyl (C=O) groups is 1. The minimum atomic E-state index is -0.620. The van der Waals surface area contributed by atoms with Crippen LogP contribution in [0.15, 0.2) is 34.3 Å². The number of nitrogens with zero attached hydrogens (tertiary/aromatic N) is 1. The highest BCUT2D eigenvalue weighted by Gasteiger charge is 2.16. The van der Waals surface area contributed by atoms with E-state index in [2.05, 4.69) is 5.32 Å². The summed E-state index contributed by atoms with van der Waals surface area (Å²) in [5, 5.41) is 12.4. The highest BCUT2D eigenvalue weighted by Crippen LogP contribution is 2.11. The zero-order valence-corrected chi connectivity index (χ0v) is 13.1. The SMILES string of the molecule is CCC/C(NCc1ccoc1)=C(\C#N)C(=O)OCCOCC. The van der Waals surface area contributed by atoms with Gasteiger partial charge in [-0.25, -0.2) is 4.79 Å². The van der Waals surface area contributed by atoms with E-state index < -0.39 is 5.97 Å². The van der Waals surface area contributed by atoms with E-state index in [4.69, 9.17) is 13.9 Å². The Balaban J connectivity index is 2.69. The first kappa shape index (κ1) is 17.8. The quantitative estimate of drug-likeness (QED) is 0.309. The number of hydrogen-bond donors (Lipinski definition) is 1. The molecule has 120 valence electrons. The molecule has 0 aliphatic carbocycles. The van der Waals surface area contributed by atoms with Gasteiger partial charge in [0.25, 0.3) is 0 Å². The number of esters is 1. The van der Waals surface area contributed by atoms with Crippen molar-refractivity contribution in [2.24, 2.45) is 0 Å². The predicted molar refractivity (Wildman–Crippen MR) is 80.5 cm³/mol. The minimum Gasteiger partial charge on any atom is -0.472 e. The molecule has 22 heavy (non-hydrogen) atoms. The molecule has 0 fully saturated rings. The Morgan fingerprint density at radius 3 is 2.82 bits per heavy atom. The lowest BCUT2D eigenvalue weighted by atomic mass is 10.1. The van der Waals surface area contributed by atoms with Gasteiger partial charge >= 0.3 is 5.97 Å². The fourth-order valence-corrected chi connectivity index (χ4v) is 1.80. The molecule has 0 aliphatic rings. The second kappa shape index (κ2) is 10.5. The number of furan rings is 1. The molecule has 0 saturated carbocycles. The van der Waals surface area contributed by atoms with Crippen LogP contribution in [0.5, 0.6) is 0 Å². The van der Waals surface area contributed by atoms with E-state index >= 15 is 0 Å². The fraction of sp³-hybridized carbons (Fsp3) is 0.500. The van der Waals surface area contributed by atoms with E-state index in [0.717, 1.165) is 12.0 Å². The molecule has 1 rings (SSSR count). The maximum absolute atomic E-state index is 12.0. The summed E-state index contributed by atoms with van der Waals surface area (Å²) in [6, 6.07) is 3.76. The molecule has 0 unspecified atom stereocenters. The molecular weight excluding hydrogens is 284 g/mol. The number of nitrogens with one attached hydrogen (secondary N) is 1. The summed E-state index contributed by atoms with van der Waals surface area (Å²) in [5.74, 6) is -0.620. The molecule has 0 aromatic carbocycles. The number of hydrogen-bond acceptors (Lipinski definition) is 6. The van der Waals surface area contributed by atoms with Crippen molar-refractivity contribution < 1.29 is 18.7 Å². The zero-order valence-electron chi connectivity index (χ0n) is 13.1. The minimum absolute atomic E-state index is 0.0156. The van der Waals surface area contributed by atoms with Crippen molar-refractivity contribution in [3.8, 4) is 6.07 Å². The van der Waals surface area contributed by atoms with Gasteiger partial charge in [0, 0.05) is 24.4 Å². The van der Waals surface area contributed by atoms with Crippen LogP contribution in [0.25, 0.3) is 0 Å². The molecule has 0 radical (unpaired) electrons. The van der Waals surface area contributed by atoms with Gasteiger partial charge in [-0.15, -0.1) is 0 Å². The second-order valence-corrected chi connectivity index (χ2v) is 4.53. The molecule has 0 saturated heterocycles. The Labute approximate surface area is 130 Å². The van der Waals surface area contributed by atoms with E-state index in [1.807, 2.05) is 26.0 Å². The van der Waals surface area contributed by atoms with Crippen molar-refractivity contribution in [2.75, 3.05) is 19.8 Å². The van der Waals surface area contributed by atoms with Crippen molar-refractivity contribution in [3.63, 3.8) is 0 Å². The van der Waals surface area contributed by atoms with E-state index in [9.17, 15) is 10.1 Å². The van der Waals surface area contributed by atoms with Gasteiger partial charge in [-0.2, -0.15) is 5.26 Å². The smallest absolute Gasteiger partial charge is 0.350 e. The van der Waals surface area contributed by atoms with Gasteiger partial charge in [0.1, 0.15) is 12.7 Å². The third-order valence-electron chi connectivity index (χ3n) is 2.87.